The second kappa shape index (κ2) is 6.81. The standard InChI is InChI=1S/C14H19NO2S/c16-14(17)13-6-2-1-5-12(13)11-18-10-9-15-7-3-4-8-15/h1-2,5-6H,3-4,7-11H2,(H,16,17). The molecule has 0 spiro atoms. The highest BCUT2D eigenvalue weighted by molar-refractivity contribution is 7.98. The van der Waals surface area contributed by atoms with Crippen LogP contribution >= 0.6 is 11.8 Å². The van der Waals surface area contributed by atoms with Crippen LogP contribution in [0.3, 0.4) is 0 Å². The average molecular weight is 265 g/mol. The predicted octanol–water partition coefficient (Wildman–Crippen LogP) is 2.71. The highest BCUT2D eigenvalue weighted by atomic mass is 32.2. The molecule has 1 heterocycles. The van der Waals surface area contributed by atoms with E-state index in [2.05, 4.69) is 4.90 Å². The maximum absolute atomic E-state index is 11.0. The summed E-state index contributed by atoms with van der Waals surface area (Å²) in [6, 6.07) is 7.27. The van der Waals surface area contributed by atoms with Gasteiger partial charge in [-0.3, -0.25) is 0 Å². The quantitative estimate of drug-likeness (QED) is 0.803. The van der Waals surface area contributed by atoms with Gasteiger partial charge < -0.3 is 10.0 Å². The fourth-order valence-corrected chi connectivity index (χ4v) is 3.24. The second-order valence-corrected chi connectivity index (χ2v) is 5.67. The summed E-state index contributed by atoms with van der Waals surface area (Å²) in [5.41, 5.74) is 1.36. The summed E-state index contributed by atoms with van der Waals surface area (Å²) >= 11 is 1.82. The van der Waals surface area contributed by atoms with Crippen LogP contribution in [0.1, 0.15) is 28.8 Å². The average Bonchev–Trinajstić information content (AvgIpc) is 2.88. The molecule has 0 bridgehead atoms. The molecule has 0 radical (unpaired) electrons. The summed E-state index contributed by atoms with van der Waals surface area (Å²) in [6.07, 6.45) is 2.65. The summed E-state index contributed by atoms with van der Waals surface area (Å²) in [5.74, 6) is 1.04. The number of carboxylic acids is 1. The molecule has 1 aliphatic rings. The van der Waals surface area contributed by atoms with Crippen LogP contribution in [-0.4, -0.2) is 41.4 Å². The Labute approximate surface area is 112 Å². The molecule has 2 rings (SSSR count). The molecule has 0 unspecified atom stereocenters. The van der Waals surface area contributed by atoms with E-state index in [1.807, 2.05) is 23.9 Å². The molecular weight excluding hydrogens is 246 g/mol. The largest absolute Gasteiger partial charge is 0.478 e. The first-order valence-electron chi connectivity index (χ1n) is 6.38. The molecule has 1 saturated heterocycles. The number of benzene rings is 1. The number of hydrogen-bond donors (Lipinski definition) is 1. The smallest absolute Gasteiger partial charge is 0.335 e. The maximum Gasteiger partial charge on any atom is 0.335 e. The summed E-state index contributed by atoms with van der Waals surface area (Å²) in [5, 5.41) is 9.08. The van der Waals surface area contributed by atoms with Gasteiger partial charge in [0.2, 0.25) is 0 Å². The van der Waals surface area contributed by atoms with E-state index in [0.29, 0.717) is 5.56 Å². The minimum atomic E-state index is -0.828. The van der Waals surface area contributed by atoms with Crippen molar-refractivity contribution in [3.05, 3.63) is 35.4 Å². The highest BCUT2D eigenvalue weighted by Gasteiger charge is 2.11. The molecule has 1 aliphatic heterocycles. The summed E-state index contributed by atoms with van der Waals surface area (Å²) in [7, 11) is 0. The van der Waals surface area contributed by atoms with E-state index in [0.717, 1.165) is 23.6 Å². The van der Waals surface area contributed by atoms with E-state index in [9.17, 15) is 4.79 Å². The van der Waals surface area contributed by atoms with Gasteiger partial charge in [-0.1, -0.05) is 18.2 Å². The Morgan fingerprint density at radius 3 is 2.72 bits per heavy atom. The number of carbonyl (C=O) groups is 1. The lowest BCUT2D eigenvalue weighted by molar-refractivity contribution is 0.0696. The Bertz CT molecular complexity index is 403. The van der Waals surface area contributed by atoms with Gasteiger partial charge in [0, 0.05) is 18.1 Å². The van der Waals surface area contributed by atoms with E-state index in [1.54, 1.807) is 12.1 Å². The molecule has 1 aromatic rings. The van der Waals surface area contributed by atoms with E-state index < -0.39 is 5.97 Å². The van der Waals surface area contributed by atoms with Crippen LogP contribution in [0.15, 0.2) is 24.3 Å². The minimum Gasteiger partial charge on any atom is -0.478 e. The number of likely N-dealkylation sites (tertiary alicyclic amines) is 1. The van der Waals surface area contributed by atoms with Crippen LogP contribution in [0.2, 0.25) is 0 Å². The predicted molar refractivity (Wildman–Crippen MR) is 75.2 cm³/mol. The first-order valence-corrected chi connectivity index (χ1v) is 7.54. The lowest BCUT2D eigenvalue weighted by Crippen LogP contribution is -2.21. The zero-order chi connectivity index (χ0) is 12.8. The number of nitrogens with zero attached hydrogens (tertiary/aromatic N) is 1. The molecule has 1 fully saturated rings. The molecule has 0 aliphatic carbocycles. The van der Waals surface area contributed by atoms with Crippen molar-refractivity contribution in [2.75, 3.05) is 25.4 Å². The molecular formula is C14H19NO2S. The van der Waals surface area contributed by atoms with Crippen molar-refractivity contribution in [2.24, 2.45) is 0 Å². The zero-order valence-corrected chi connectivity index (χ0v) is 11.3. The van der Waals surface area contributed by atoms with Gasteiger partial charge in [0.1, 0.15) is 0 Å². The lowest BCUT2D eigenvalue weighted by Gasteiger charge is -2.13. The molecule has 3 nitrogen and oxygen atoms in total. The Kier molecular flexibility index (Phi) is 5.08. The number of aromatic carboxylic acids is 1. The number of hydrogen-bond acceptors (Lipinski definition) is 3. The molecule has 0 aromatic heterocycles. The second-order valence-electron chi connectivity index (χ2n) is 4.56. The van der Waals surface area contributed by atoms with Gasteiger partial charge >= 0.3 is 5.97 Å². The van der Waals surface area contributed by atoms with Gasteiger partial charge in [0.05, 0.1) is 5.56 Å². The van der Waals surface area contributed by atoms with Crippen molar-refractivity contribution in [1.29, 1.82) is 0 Å². The third-order valence-electron chi connectivity index (χ3n) is 3.26. The van der Waals surface area contributed by atoms with Crippen LogP contribution < -0.4 is 0 Å². The molecule has 0 amide bonds. The van der Waals surface area contributed by atoms with Crippen LogP contribution in [0.4, 0.5) is 0 Å². The van der Waals surface area contributed by atoms with Gasteiger partial charge in [0.15, 0.2) is 0 Å². The van der Waals surface area contributed by atoms with E-state index in [4.69, 9.17) is 5.11 Å². The molecule has 18 heavy (non-hydrogen) atoms. The Morgan fingerprint density at radius 2 is 2.00 bits per heavy atom. The van der Waals surface area contributed by atoms with Crippen molar-refractivity contribution >= 4 is 17.7 Å². The van der Waals surface area contributed by atoms with Crippen LogP contribution in [0, 0.1) is 0 Å². The van der Waals surface area contributed by atoms with E-state index in [1.165, 1.54) is 25.9 Å². The van der Waals surface area contributed by atoms with E-state index >= 15 is 0 Å². The molecule has 4 heteroatoms. The maximum atomic E-state index is 11.0. The minimum absolute atomic E-state index is 0.436. The summed E-state index contributed by atoms with van der Waals surface area (Å²) < 4.78 is 0. The fourth-order valence-electron chi connectivity index (χ4n) is 2.24. The highest BCUT2D eigenvalue weighted by Crippen LogP contribution is 2.17. The van der Waals surface area contributed by atoms with Crippen LogP contribution in [0.5, 0.6) is 0 Å². The Morgan fingerprint density at radius 1 is 1.28 bits per heavy atom. The molecule has 1 aromatic carbocycles. The van der Waals surface area contributed by atoms with Gasteiger partial charge in [-0.2, -0.15) is 11.8 Å². The normalized spacial score (nSPS) is 16.0. The SMILES string of the molecule is O=C(O)c1ccccc1CSCCN1CCCC1. The van der Waals surface area contributed by atoms with Crippen LogP contribution in [-0.2, 0) is 5.75 Å². The number of thioether (sulfide) groups is 1. The third-order valence-corrected chi connectivity index (χ3v) is 4.24. The first kappa shape index (κ1) is 13.4. The summed E-state index contributed by atoms with van der Waals surface area (Å²) in [6.45, 7) is 3.58. The van der Waals surface area contributed by atoms with Gasteiger partial charge in [0.25, 0.3) is 0 Å². The Balaban J connectivity index is 1.77. The molecule has 98 valence electrons. The number of carboxylic acid groups (broad SMARTS) is 1. The molecule has 0 atom stereocenters. The third kappa shape index (κ3) is 3.75. The van der Waals surface area contributed by atoms with Gasteiger partial charge in [-0.25, -0.2) is 4.79 Å². The first-order chi connectivity index (χ1) is 8.77. The van der Waals surface area contributed by atoms with Crippen LogP contribution in [0.25, 0.3) is 0 Å². The molecule has 1 N–H and O–H groups in total. The van der Waals surface area contributed by atoms with Gasteiger partial charge in [-0.15, -0.1) is 0 Å². The number of rotatable bonds is 6. The molecule has 0 saturated carbocycles. The van der Waals surface area contributed by atoms with Crippen molar-refractivity contribution < 1.29 is 9.90 Å². The fraction of sp³-hybridized carbons (Fsp3) is 0.500. The lowest BCUT2D eigenvalue weighted by atomic mass is 10.1. The zero-order valence-electron chi connectivity index (χ0n) is 10.5. The monoisotopic (exact) mass is 265 g/mol. The summed E-state index contributed by atoms with van der Waals surface area (Å²) in [4.78, 5) is 13.5. The van der Waals surface area contributed by atoms with E-state index in [-0.39, 0.29) is 0 Å². The van der Waals surface area contributed by atoms with Crippen molar-refractivity contribution in [1.82, 2.24) is 4.90 Å². The van der Waals surface area contributed by atoms with Crippen molar-refractivity contribution in [3.63, 3.8) is 0 Å². The topological polar surface area (TPSA) is 40.5 Å². The Hall–Kier alpha value is -1.00. The van der Waals surface area contributed by atoms with Crippen molar-refractivity contribution in [2.45, 2.75) is 18.6 Å². The van der Waals surface area contributed by atoms with Gasteiger partial charge in [-0.05, 0) is 37.6 Å². The van der Waals surface area contributed by atoms with Crippen molar-refractivity contribution in [3.8, 4) is 0 Å².